The molecule has 0 atom stereocenters. The molecule has 0 N–H and O–H groups in total. The molecule has 12 aromatic rings. The molecule has 0 radical (unpaired) electrons. The third-order valence-corrected chi connectivity index (χ3v) is 19.0. The van der Waals surface area contributed by atoms with Gasteiger partial charge < -0.3 is 19.6 Å². The lowest BCUT2D eigenvalue weighted by Gasteiger charge is -2.28. The lowest BCUT2D eigenvalue weighted by Crippen LogP contribution is -2.28. The van der Waals surface area contributed by atoms with Gasteiger partial charge in [0.15, 0.2) is 0 Å². The van der Waals surface area contributed by atoms with Crippen molar-refractivity contribution in [2.24, 2.45) is 0 Å². The first-order valence-electron chi connectivity index (χ1n) is 35.3. The maximum absolute atomic E-state index is 4.71. The topological polar surface area (TPSA) is 19.0 Å². The molecule has 0 saturated heterocycles. The summed E-state index contributed by atoms with van der Waals surface area (Å²) in [5.74, 6) is 0. The minimum Gasteiger partial charge on any atom is -0.371 e. The summed E-state index contributed by atoms with van der Waals surface area (Å²) in [6.07, 6.45) is 14.7. The van der Waals surface area contributed by atoms with E-state index in [4.69, 9.17) is 13.2 Å². The Bertz CT molecular complexity index is 4290. The minimum absolute atomic E-state index is 0.766. The number of hydrogen-bond acceptors (Lipinski definition) is 4. The van der Waals surface area contributed by atoms with Gasteiger partial charge in [-0.05, 0) is 132 Å². The Morgan fingerprint density at radius 3 is 0.650 bits per heavy atom. The highest BCUT2D eigenvalue weighted by Crippen LogP contribution is 2.34. The van der Waals surface area contributed by atoms with Gasteiger partial charge in [0, 0.05) is 146 Å². The predicted molar refractivity (Wildman–Crippen MR) is 428 cm³/mol. The third-order valence-electron chi connectivity index (χ3n) is 19.0. The van der Waals surface area contributed by atoms with Gasteiger partial charge in [0.2, 0.25) is 34.2 Å². The highest BCUT2D eigenvalue weighted by atomic mass is 15.2. The highest BCUT2D eigenvalue weighted by molar-refractivity contribution is 6.21. The Kier molecular flexibility index (Phi) is 22.6. The second-order valence-electron chi connectivity index (χ2n) is 25.6. The van der Waals surface area contributed by atoms with Crippen LogP contribution in [-0.4, -0.2) is 50.7 Å². The van der Waals surface area contributed by atoms with Crippen molar-refractivity contribution in [1.82, 2.24) is 9.15 Å². The molecule has 12 aromatic carbocycles. The standard InChI is InChI=1S/C94H88N6/c1-75(83-39-23-9-24-40-83)97(73-67-81-35-19-7-20-36-81)87-47-55-91(56-48-87)100(92-57-49-88(50-58-92)98(74-68-82-37-21-8-22-38-82)76(2)84-41-25-10-26-42-84)94-61-59-93(60-62-94)99(89-51-43-85(44-52-89)95(69-63-77-27-11-3-12-28-77)70-64-78-29-13-4-14-30-78)90-53-45-86(46-54-90)96(71-65-79-31-15-5-16-32-79)72-66-80-33-17-6-18-34-80/h3-62H,1-2,63-74H2/q+2. The fourth-order valence-corrected chi connectivity index (χ4v) is 13.4. The molecule has 0 amide bonds. The third kappa shape index (κ3) is 17.6. The van der Waals surface area contributed by atoms with Crippen molar-refractivity contribution in [1.29, 1.82) is 0 Å². The molecule has 6 nitrogen and oxygen atoms in total. The maximum atomic E-state index is 4.71. The van der Waals surface area contributed by atoms with E-state index < -0.39 is 0 Å². The van der Waals surface area contributed by atoms with Crippen LogP contribution in [0.4, 0.5) is 45.5 Å². The van der Waals surface area contributed by atoms with E-state index in [9.17, 15) is 0 Å². The second-order valence-corrected chi connectivity index (χ2v) is 25.6. The van der Waals surface area contributed by atoms with Crippen LogP contribution < -0.4 is 28.8 Å². The summed E-state index contributed by atoms with van der Waals surface area (Å²) in [6, 6.07) is 123. The smallest absolute Gasteiger partial charge is 0.212 e. The van der Waals surface area contributed by atoms with Gasteiger partial charge in [0.25, 0.3) is 0 Å². The normalized spacial score (nSPS) is 11.6. The lowest BCUT2D eigenvalue weighted by atomic mass is 10.1. The van der Waals surface area contributed by atoms with Gasteiger partial charge in [-0.25, -0.2) is 0 Å². The number of allylic oxidation sites excluding steroid dienone is 4. The Labute approximate surface area is 593 Å². The summed E-state index contributed by atoms with van der Waals surface area (Å²) < 4.78 is 4.79. The Hall–Kier alpha value is -11.9. The van der Waals surface area contributed by atoms with Crippen molar-refractivity contribution in [3.63, 3.8) is 0 Å². The van der Waals surface area contributed by atoms with Crippen LogP contribution in [0.15, 0.2) is 377 Å². The van der Waals surface area contributed by atoms with Gasteiger partial charge in [-0.15, -0.1) is 0 Å². The van der Waals surface area contributed by atoms with Crippen LogP contribution in [0, 0.1) is 0 Å². The summed E-state index contributed by atoms with van der Waals surface area (Å²) in [6.45, 7) is 14.6. The Morgan fingerprint density at radius 1 is 0.220 bits per heavy atom. The molecule has 1 aliphatic carbocycles. The van der Waals surface area contributed by atoms with Crippen LogP contribution in [-0.2, 0) is 38.5 Å². The SMILES string of the molecule is C=C(c1ccccc1)N(CCc1ccccc1)c1ccc([N+](=C2C=CC(=[N+](c3ccc(N(CCc4ccccc4)CCc4ccccc4)cc3)c3ccc(N(CCc4ccccc4)CCc4ccccc4)cc3)C=C2)c2ccc(N(CCc3ccccc3)C(=C)c3ccccc3)cc2)cc1. The second kappa shape index (κ2) is 33.9. The van der Waals surface area contributed by atoms with Crippen molar-refractivity contribution < 1.29 is 0 Å². The number of rotatable bonds is 30. The molecule has 0 bridgehead atoms. The number of anilines is 4. The van der Waals surface area contributed by atoms with E-state index in [-0.39, 0.29) is 0 Å². The molecule has 6 heteroatoms. The van der Waals surface area contributed by atoms with Crippen LogP contribution in [0.1, 0.15) is 44.5 Å². The Balaban J connectivity index is 0.895. The first-order chi connectivity index (χ1) is 49.4. The molecule has 0 aromatic heterocycles. The number of benzene rings is 12. The molecule has 0 spiro atoms. The van der Waals surface area contributed by atoms with Crippen molar-refractivity contribution >= 4 is 68.3 Å². The highest BCUT2D eigenvalue weighted by Gasteiger charge is 2.27. The number of hydrogen-bond donors (Lipinski definition) is 0. The molecule has 0 fully saturated rings. The summed E-state index contributed by atoms with van der Waals surface area (Å²) in [5, 5.41) is 0. The molecule has 13 rings (SSSR count). The van der Waals surface area contributed by atoms with E-state index in [0.29, 0.717) is 0 Å². The van der Waals surface area contributed by atoms with Crippen molar-refractivity contribution in [3.8, 4) is 0 Å². The van der Waals surface area contributed by atoms with Crippen LogP contribution in [0.5, 0.6) is 0 Å². The quantitative estimate of drug-likeness (QED) is 0.0330. The molecule has 0 heterocycles. The average Bonchev–Trinajstić information content (AvgIpc) is 0.789. The molecule has 1 aliphatic rings. The van der Waals surface area contributed by atoms with Crippen molar-refractivity contribution in [2.45, 2.75) is 38.5 Å². The minimum atomic E-state index is 0.766. The summed E-state index contributed by atoms with van der Waals surface area (Å²) >= 11 is 0. The first kappa shape index (κ1) is 66.7. The molecule has 0 saturated carbocycles. The lowest BCUT2D eigenvalue weighted by molar-refractivity contribution is 0.768. The fraction of sp³-hybridized carbons (Fsp3) is 0.128. The van der Waals surface area contributed by atoms with Gasteiger partial charge >= 0.3 is 0 Å². The van der Waals surface area contributed by atoms with Gasteiger partial charge in [-0.3, -0.25) is 0 Å². The molecule has 492 valence electrons. The Morgan fingerprint density at radius 2 is 0.420 bits per heavy atom. The van der Waals surface area contributed by atoms with Gasteiger partial charge in [-0.2, -0.15) is 9.15 Å². The fourth-order valence-electron chi connectivity index (χ4n) is 13.4. The first-order valence-corrected chi connectivity index (χ1v) is 35.3. The zero-order valence-corrected chi connectivity index (χ0v) is 57.2. The largest absolute Gasteiger partial charge is 0.371 e. The molecular weight excluding hydrogens is 1210 g/mol. The number of nitrogens with zero attached hydrogens (tertiary/aromatic N) is 6. The van der Waals surface area contributed by atoms with Crippen LogP contribution >= 0.6 is 0 Å². The van der Waals surface area contributed by atoms with E-state index in [1.54, 1.807) is 0 Å². The van der Waals surface area contributed by atoms with Gasteiger partial charge in [0.1, 0.15) is 0 Å². The maximum Gasteiger partial charge on any atom is 0.212 e. The predicted octanol–water partition coefficient (Wildman–Crippen LogP) is 21.1. The molecule has 0 aliphatic heterocycles. The average molecular weight is 1300 g/mol. The van der Waals surface area contributed by atoms with E-state index >= 15 is 0 Å². The van der Waals surface area contributed by atoms with Crippen molar-refractivity contribution in [3.05, 3.63) is 422 Å². The zero-order chi connectivity index (χ0) is 67.9. The van der Waals surface area contributed by atoms with E-state index in [0.717, 1.165) is 146 Å². The molecule has 0 unspecified atom stereocenters. The van der Waals surface area contributed by atoms with Crippen molar-refractivity contribution in [2.75, 3.05) is 58.9 Å². The monoisotopic (exact) mass is 1300 g/mol. The van der Waals surface area contributed by atoms with E-state index in [1.807, 2.05) is 0 Å². The molecular formula is C94H88N6+2. The van der Waals surface area contributed by atoms with Gasteiger partial charge in [0.05, 0.1) is 0 Å². The van der Waals surface area contributed by atoms with E-state index in [2.05, 4.69) is 393 Å². The molecule has 100 heavy (non-hydrogen) atoms. The zero-order valence-electron chi connectivity index (χ0n) is 57.2. The summed E-state index contributed by atoms with van der Waals surface area (Å²) in [4.78, 5) is 9.82. The van der Waals surface area contributed by atoms with Crippen LogP contribution in [0.3, 0.4) is 0 Å². The summed E-state index contributed by atoms with van der Waals surface area (Å²) in [7, 11) is 0. The summed E-state index contributed by atoms with van der Waals surface area (Å²) in [5.41, 5.74) is 22.9. The van der Waals surface area contributed by atoms with Crippen LogP contribution in [0.25, 0.3) is 11.4 Å². The van der Waals surface area contributed by atoms with Gasteiger partial charge in [-0.1, -0.05) is 256 Å². The van der Waals surface area contributed by atoms with Crippen LogP contribution in [0.2, 0.25) is 0 Å². The van der Waals surface area contributed by atoms with E-state index in [1.165, 1.54) is 44.8 Å².